The van der Waals surface area contributed by atoms with Crippen molar-refractivity contribution in [3.8, 4) is 0 Å². The fraction of sp³-hybridized carbons (Fsp3) is 0.238. The molecule has 0 saturated carbocycles. The molecule has 1 atom stereocenters. The van der Waals surface area contributed by atoms with Crippen molar-refractivity contribution in [3.05, 3.63) is 70.4 Å². The number of benzene rings is 1. The Morgan fingerprint density at radius 2 is 2.00 bits per heavy atom. The maximum Gasteiger partial charge on any atom is 0.276 e. The number of aryl methyl sites for hydroxylation is 1. The van der Waals surface area contributed by atoms with Gasteiger partial charge in [0.1, 0.15) is 6.04 Å². The number of fused-ring (bicyclic) bond motifs is 3. The lowest BCUT2D eigenvalue weighted by molar-refractivity contribution is -0.125. The van der Waals surface area contributed by atoms with Crippen molar-refractivity contribution in [1.82, 2.24) is 20.1 Å². The van der Waals surface area contributed by atoms with Gasteiger partial charge in [-0.25, -0.2) is 4.68 Å². The minimum absolute atomic E-state index is 0.224. The van der Waals surface area contributed by atoms with Crippen molar-refractivity contribution in [2.45, 2.75) is 32.9 Å². The van der Waals surface area contributed by atoms with Gasteiger partial charge in [0.15, 0.2) is 0 Å². The molecule has 0 bridgehead atoms. The molecule has 0 saturated heterocycles. The van der Waals surface area contributed by atoms with Gasteiger partial charge in [0, 0.05) is 16.3 Å². The Kier molecular flexibility index (Phi) is 4.92. The van der Waals surface area contributed by atoms with E-state index in [0.717, 1.165) is 26.2 Å². The molecule has 1 amide bonds. The van der Waals surface area contributed by atoms with E-state index in [1.807, 2.05) is 56.3 Å². The lowest BCUT2D eigenvalue weighted by Gasteiger charge is -2.17. The number of pyridine rings is 1. The smallest absolute Gasteiger partial charge is 0.276 e. The van der Waals surface area contributed by atoms with Crippen LogP contribution in [0.4, 0.5) is 0 Å². The van der Waals surface area contributed by atoms with Crippen LogP contribution in [0.1, 0.15) is 30.8 Å². The number of aromatic nitrogens is 3. The summed E-state index contributed by atoms with van der Waals surface area (Å²) in [5, 5.41) is 8.91. The van der Waals surface area contributed by atoms with Gasteiger partial charge in [-0.1, -0.05) is 31.2 Å². The fourth-order valence-electron chi connectivity index (χ4n) is 3.36. The molecule has 0 spiro atoms. The number of hydrogen-bond acceptors (Lipinski definition) is 5. The van der Waals surface area contributed by atoms with Crippen molar-refractivity contribution < 1.29 is 4.79 Å². The summed E-state index contributed by atoms with van der Waals surface area (Å²) in [7, 11) is 0. The summed E-state index contributed by atoms with van der Waals surface area (Å²) in [5.41, 5.74) is 1.30. The molecule has 4 rings (SSSR count). The maximum atomic E-state index is 13.2. The maximum absolute atomic E-state index is 13.2. The van der Waals surface area contributed by atoms with E-state index in [-0.39, 0.29) is 11.5 Å². The van der Waals surface area contributed by atoms with Crippen LogP contribution in [0.25, 0.3) is 20.2 Å². The summed E-state index contributed by atoms with van der Waals surface area (Å²) in [6.07, 6.45) is 2.15. The number of amides is 1. The summed E-state index contributed by atoms with van der Waals surface area (Å²) in [4.78, 5) is 30.3. The third-order valence-electron chi connectivity index (χ3n) is 4.76. The van der Waals surface area contributed by atoms with Gasteiger partial charge < -0.3 is 5.32 Å². The highest BCUT2D eigenvalue weighted by molar-refractivity contribution is 7.26. The lowest BCUT2D eigenvalue weighted by Crippen LogP contribution is -2.38. The van der Waals surface area contributed by atoms with Crippen molar-refractivity contribution in [1.29, 1.82) is 0 Å². The number of carbonyl (C=O) groups excluding carboxylic acids is 1. The molecule has 3 aromatic heterocycles. The number of nitrogens with zero attached hydrogens (tertiary/aromatic N) is 3. The molecule has 0 aliphatic heterocycles. The first-order valence-electron chi connectivity index (χ1n) is 9.18. The van der Waals surface area contributed by atoms with E-state index in [0.29, 0.717) is 18.4 Å². The van der Waals surface area contributed by atoms with Gasteiger partial charge in [0.05, 0.1) is 28.0 Å². The van der Waals surface area contributed by atoms with Crippen LogP contribution in [0.3, 0.4) is 0 Å². The third-order valence-corrected chi connectivity index (χ3v) is 6.04. The predicted molar refractivity (Wildman–Crippen MR) is 112 cm³/mol. The summed E-state index contributed by atoms with van der Waals surface area (Å²) < 4.78 is 3.26. The Balaban J connectivity index is 1.73. The van der Waals surface area contributed by atoms with Crippen molar-refractivity contribution in [2.24, 2.45) is 0 Å². The molecular formula is C21H20N4O2S. The lowest BCUT2D eigenvalue weighted by atomic mass is 10.1. The first-order chi connectivity index (χ1) is 13.6. The molecule has 1 aromatic carbocycles. The Bertz CT molecular complexity index is 1210. The Hall–Kier alpha value is -3.06. The van der Waals surface area contributed by atoms with Crippen molar-refractivity contribution >= 4 is 37.4 Å². The molecule has 4 aromatic rings. The van der Waals surface area contributed by atoms with Crippen LogP contribution in [0.5, 0.6) is 0 Å². The quantitative estimate of drug-likeness (QED) is 0.563. The minimum atomic E-state index is -0.669. The van der Waals surface area contributed by atoms with Crippen molar-refractivity contribution in [3.63, 3.8) is 0 Å². The van der Waals surface area contributed by atoms with E-state index in [2.05, 4.69) is 15.4 Å². The predicted octanol–water partition coefficient (Wildman–Crippen LogP) is 3.58. The molecule has 142 valence electrons. The van der Waals surface area contributed by atoms with E-state index in [1.54, 1.807) is 17.5 Å². The van der Waals surface area contributed by atoms with Gasteiger partial charge in [-0.3, -0.25) is 14.6 Å². The second kappa shape index (κ2) is 7.52. The van der Waals surface area contributed by atoms with Crippen LogP contribution in [-0.4, -0.2) is 20.7 Å². The third kappa shape index (κ3) is 3.18. The zero-order valence-electron chi connectivity index (χ0n) is 15.7. The molecule has 0 radical (unpaired) electrons. The van der Waals surface area contributed by atoms with Gasteiger partial charge in [-0.05, 0) is 31.5 Å². The molecular weight excluding hydrogens is 372 g/mol. The molecule has 1 N–H and O–H groups in total. The molecule has 6 nitrogen and oxygen atoms in total. The molecule has 7 heteroatoms. The average Bonchev–Trinajstić information content (AvgIpc) is 3.12. The average molecular weight is 392 g/mol. The monoisotopic (exact) mass is 392 g/mol. The fourth-order valence-corrected chi connectivity index (χ4v) is 4.49. The van der Waals surface area contributed by atoms with Crippen LogP contribution < -0.4 is 10.9 Å². The molecule has 0 fully saturated rings. The largest absolute Gasteiger partial charge is 0.349 e. The number of carbonyl (C=O) groups is 1. The highest BCUT2D eigenvalue weighted by Gasteiger charge is 2.24. The van der Waals surface area contributed by atoms with E-state index >= 15 is 0 Å². The second-order valence-corrected chi connectivity index (χ2v) is 7.65. The van der Waals surface area contributed by atoms with Crippen molar-refractivity contribution in [2.75, 3.05) is 0 Å². The molecule has 28 heavy (non-hydrogen) atoms. The van der Waals surface area contributed by atoms with Crippen LogP contribution >= 0.6 is 11.3 Å². The Morgan fingerprint density at radius 3 is 2.75 bits per heavy atom. The number of nitrogens with one attached hydrogen (secondary N) is 1. The van der Waals surface area contributed by atoms with Gasteiger partial charge in [-0.15, -0.1) is 11.3 Å². The van der Waals surface area contributed by atoms with Gasteiger partial charge in [0.2, 0.25) is 5.91 Å². The first-order valence-corrected chi connectivity index (χ1v) is 10.00. The van der Waals surface area contributed by atoms with Crippen LogP contribution in [-0.2, 0) is 11.3 Å². The molecule has 0 aliphatic rings. The van der Waals surface area contributed by atoms with E-state index < -0.39 is 6.04 Å². The summed E-state index contributed by atoms with van der Waals surface area (Å²) in [6, 6.07) is 12.7. The summed E-state index contributed by atoms with van der Waals surface area (Å²) in [5.74, 6) is -0.235. The zero-order chi connectivity index (χ0) is 19.7. The highest BCUT2D eigenvalue weighted by atomic mass is 32.1. The van der Waals surface area contributed by atoms with Gasteiger partial charge >= 0.3 is 0 Å². The van der Waals surface area contributed by atoms with E-state index in [9.17, 15) is 9.59 Å². The number of thiophene rings is 1. The standard InChI is InChI=1S/C21H20N4O2S/c1-3-16(20(26)23-12-14-8-6-7-11-22-14)25-21(27)18-15-9-4-5-10-17(15)28-19(18)13(2)24-25/h4-11,16H,3,12H2,1-2H3,(H,23,26). The highest BCUT2D eigenvalue weighted by Crippen LogP contribution is 2.33. The Morgan fingerprint density at radius 1 is 1.21 bits per heavy atom. The zero-order valence-corrected chi connectivity index (χ0v) is 16.5. The van der Waals surface area contributed by atoms with Gasteiger partial charge in [-0.2, -0.15) is 5.10 Å². The van der Waals surface area contributed by atoms with Crippen LogP contribution in [0, 0.1) is 6.92 Å². The molecule has 0 aliphatic carbocycles. The minimum Gasteiger partial charge on any atom is -0.349 e. The van der Waals surface area contributed by atoms with Crippen LogP contribution in [0.2, 0.25) is 0 Å². The number of hydrogen-bond donors (Lipinski definition) is 1. The topological polar surface area (TPSA) is 76.9 Å². The first kappa shape index (κ1) is 18.3. The van der Waals surface area contributed by atoms with E-state index in [4.69, 9.17) is 0 Å². The molecule has 1 unspecified atom stereocenters. The van der Waals surface area contributed by atoms with E-state index in [1.165, 1.54) is 4.68 Å². The summed E-state index contributed by atoms with van der Waals surface area (Å²) in [6.45, 7) is 4.07. The SMILES string of the molecule is CCC(C(=O)NCc1ccccn1)n1nc(C)c2sc3ccccc3c2c1=O. The Labute approximate surface area is 165 Å². The van der Waals surface area contributed by atoms with Gasteiger partial charge in [0.25, 0.3) is 5.56 Å². The normalized spacial score (nSPS) is 12.4. The molecule has 3 heterocycles. The number of rotatable bonds is 5. The van der Waals surface area contributed by atoms with Crippen LogP contribution in [0.15, 0.2) is 53.5 Å². The second-order valence-electron chi connectivity index (χ2n) is 6.60. The summed E-state index contributed by atoms with van der Waals surface area (Å²) >= 11 is 1.56.